The number of aromatic amines is 1. The monoisotopic (exact) mass is 405 g/mol. The fraction of sp³-hybridized carbons (Fsp3) is 0.0625. The van der Waals surface area contributed by atoms with E-state index in [9.17, 15) is 9.59 Å². The normalized spacial score (nSPS) is 10.5. The van der Waals surface area contributed by atoms with Crippen LogP contribution in [0.15, 0.2) is 57.8 Å². The Hall–Kier alpha value is -2.45. The van der Waals surface area contributed by atoms with Gasteiger partial charge in [0.2, 0.25) is 0 Å². The minimum atomic E-state index is -0.771. The van der Waals surface area contributed by atoms with Gasteiger partial charge in [-0.05, 0) is 42.0 Å². The topological polar surface area (TPSA) is 76.1 Å². The summed E-state index contributed by atoms with van der Waals surface area (Å²) < 4.78 is 7.05. The number of rotatable bonds is 3. The van der Waals surface area contributed by atoms with Crippen LogP contribution in [0, 0.1) is 4.77 Å². The van der Waals surface area contributed by atoms with Crippen LogP contribution in [0.5, 0.6) is 0 Å². The lowest BCUT2D eigenvalue weighted by Crippen LogP contribution is -2.34. The van der Waals surface area contributed by atoms with Crippen LogP contribution in [-0.2, 0) is 11.3 Å². The molecular weight excluding hydrogens is 394 g/mol. The Labute approximate surface area is 150 Å². The van der Waals surface area contributed by atoms with E-state index in [-0.39, 0.29) is 11.4 Å². The predicted octanol–water partition coefficient (Wildman–Crippen LogP) is 3.70. The molecule has 6 nitrogen and oxygen atoms in total. The summed E-state index contributed by atoms with van der Waals surface area (Å²) in [6, 6.07) is 14.3. The van der Waals surface area contributed by atoms with Gasteiger partial charge in [0, 0.05) is 4.47 Å². The maximum atomic E-state index is 12.4. The highest BCUT2D eigenvalue weighted by Gasteiger charge is 2.09. The van der Waals surface area contributed by atoms with Crippen LogP contribution in [0.3, 0.4) is 0 Å². The van der Waals surface area contributed by atoms with Gasteiger partial charge in [-0.25, -0.2) is 10.2 Å². The minimum Gasteiger partial charge on any atom is -0.443 e. The number of para-hydroxylation sites is 1. The first kappa shape index (κ1) is 16.4. The van der Waals surface area contributed by atoms with Gasteiger partial charge in [-0.2, -0.15) is 4.68 Å². The van der Waals surface area contributed by atoms with Crippen molar-refractivity contribution in [1.82, 2.24) is 9.66 Å². The van der Waals surface area contributed by atoms with E-state index in [1.165, 1.54) is 0 Å². The molecule has 3 aromatic rings. The zero-order chi connectivity index (χ0) is 17.1. The van der Waals surface area contributed by atoms with Crippen LogP contribution >= 0.6 is 28.1 Å². The number of amides is 1. The summed E-state index contributed by atoms with van der Waals surface area (Å²) >= 11 is 8.46. The third kappa shape index (κ3) is 3.55. The molecule has 2 N–H and O–H groups in total. The standard InChI is InChI=1S/C16H12BrN3O3S/c17-11-5-3-4-10(8-11)9-23-16(22)19-20-14(21)12-6-1-2-7-13(12)18-15(20)24/h1-8H,9H2,(H,18,24)(H,19,22). The minimum absolute atomic E-state index is 0.0735. The van der Waals surface area contributed by atoms with Gasteiger partial charge in [0.25, 0.3) is 5.56 Å². The molecule has 2 aromatic carbocycles. The number of carbonyl (C=O) groups is 1. The predicted molar refractivity (Wildman–Crippen MR) is 97.1 cm³/mol. The first-order chi connectivity index (χ1) is 11.5. The molecule has 24 heavy (non-hydrogen) atoms. The molecule has 0 radical (unpaired) electrons. The summed E-state index contributed by atoms with van der Waals surface area (Å²) in [5, 5.41) is 0.415. The van der Waals surface area contributed by atoms with Gasteiger partial charge in [0.15, 0.2) is 4.77 Å². The Morgan fingerprint density at radius 1 is 1.25 bits per heavy atom. The number of hydrogen-bond acceptors (Lipinski definition) is 4. The highest BCUT2D eigenvalue weighted by atomic mass is 79.9. The van der Waals surface area contributed by atoms with E-state index in [4.69, 9.17) is 17.0 Å². The molecule has 0 aliphatic rings. The molecule has 1 amide bonds. The second-order valence-electron chi connectivity index (χ2n) is 4.93. The van der Waals surface area contributed by atoms with Gasteiger partial charge in [-0.3, -0.25) is 4.79 Å². The first-order valence-corrected chi connectivity index (χ1v) is 8.17. The summed E-state index contributed by atoms with van der Waals surface area (Å²) in [5.74, 6) is 0. The van der Waals surface area contributed by atoms with Crippen LogP contribution in [0.2, 0.25) is 0 Å². The summed E-state index contributed by atoms with van der Waals surface area (Å²) in [5.41, 5.74) is 3.35. The molecule has 0 fully saturated rings. The smallest absolute Gasteiger partial charge is 0.426 e. The Balaban J connectivity index is 1.78. The third-order valence-corrected chi connectivity index (χ3v) is 4.05. The average molecular weight is 406 g/mol. The van der Waals surface area contributed by atoms with Crippen molar-refractivity contribution >= 4 is 45.1 Å². The van der Waals surface area contributed by atoms with E-state index in [1.807, 2.05) is 24.3 Å². The van der Waals surface area contributed by atoms with Gasteiger partial charge >= 0.3 is 6.09 Å². The summed E-state index contributed by atoms with van der Waals surface area (Å²) in [6.07, 6.45) is -0.771. The molecule has 0 spiro atoms. The zero-order valence-electron chi connectivity index (χ0n) is 12.3. The van der Waals surface area contributed by atoms with Crippen molar-refractivity contribution in [3.05, 3.63) is 73.7 Å². The summed E-state index contributed by atoms with van der Waals surface area (Å²) in [4.78, 5) is 27.2. The largest absolute Gasteiger partial charge is 0.443 e. The number of carbonyl (C=O) groups excluding carboxylic acids is 1. The number of fused-ring (bicyclic) bond motifs is 1. The molecule has 1 heterocycles. The molecule has 0 saturated carbocycles. The van der Waals surface area contributed by atoms with Crippen molar-refractivity contribution in [2.24, 2.45) is 0 Å². The number of nitrogens with zero attached hydrogens (tertiary/aromatic N) is 1. The second-order valence-corrected chi connectivity index (χ2v) is 6.24. The Morgan fingerprint density at radius 2 is 2.04 bits per heavy atom. The summed E-state index contributed by atoms with van der Waals surface area (Å²) in [6.45, 7) is 0.0735. The fourth-order valence-electron chi connectivity index (χ4n) is 2.16. The van der Waals surface area contributed by atoms with Crippen molar-refractivity contribution in [2.45, 2.75) is 6.61 Å². The number of hydrogen-bond donors (Lipinski definition) is 2. The molecule has 122 valence electrons. The first-order valence-electron chi connectivity index (χ1n) is 6.97. The number of aromatic nitrogens is 2. The molecule has 1 aromatic heterocycles. The number of nitrogens with one attached hydrogen (secondary N) is 2. The Kier molecular flexibility index (Phi) is 4.77. The maximum Gasteiger partial charge on any atom is 0.426 e. The molecule has 0 atom stereocenters. The van der Waals surface area contributed by atoms with Crippen LogP contribution in [0.4, 0.5) is 4.79 Å². The van der Waals surface area contributed by atoms with E-state index in [2.05, 4.69) is 26.3 Å². The third-order valence-electron chi connectivity index (χ3n) is 3.27. The molecule has 0 aliphatic carbocycles. The molecule has 3 rings (SSSR count). The average Bonchev–Trinajstić information content (AvgIpc) is 2.57. The maximum absolute atomic E-state index is 12.4. The van der Waals surface area contributed by atoms with Crippen LogP contribution in [0.1, 0.15) is 5.56 Å². The van der Waals surface area contributed by atoms with Gasteiger partial charge in [-0.15, -0.1) is 0 Å². The lowest BCUT2D eigenvalue weighted by Gasteiger charge is -2.10. The lowest BCUT2D eigenvalue weighted by atomic mass is 10.2. The SMILES string of the molecule is O=C(Nn1c(=S)[nH]c2ccccc2c1=O)OCc1cccc(Br)c1. The van der Waals surface area contributed by atoms with Crippen molar-refractivity contribution in [1.29, 1.82) is 0 Å². The van der Waals surface area contributed by atoms with Crippen molar-refractivity contribution in [3.63, 3.8) is 0 Å². The van der Waals surface area contributed by atoms with Crippen molar-refractivity contribution in [2.75, 3.05) is 5.43 Å². The lowest BCUT2D eigenvalue weighted by molar-refractivity contribution is 0.151. The van der Waals surface area contributed by atoms with E-state index < -0.39 is 11.7 Å². The molecule has 0 saturated heterocycles. The zero-order valence-corrected chi connectivity index (χ0v) is 14.7. The highest BCUT2D eigenvalue weighted by molar-refractivity contribution is 9.10. The van der Waals surface area contributed by atoms with Crippen molar-refractivity contribution < 1.29 is 9.53 Å². The quantitative estimate of drug-likeness (QED) is 0.651. The molecule has 0 bridgehead atoms. The number of benzene rings is 2. The summed E-state index contributed by atoms with van der Waals surface area (Å²) in [7, 11) is 0. The molecule has 0 aliphatic heterocycles. The molecular formula is C16H12BrN3O3S. The van der Waals surface area contributed by atoms with Gasteiger partial charge in [0.05, 0.1) is 10.9 Å². The van der Waals surface area contributed by atoms with Crippen LogP contribution < -0.4 is 11.0 Å². The van der Waals surface area contributed by atoms with Gasteiger partial charge < -0.3 is 9.72 Å². The molecule has 8 heteroatoms. The van der Waals surface area contributed by atoms with Gasteiger partial charge in [-0.1, -0.05) is 40.2 Å². The Morgan fingerprint density at radius 3 is 2.83 bits per heavy atom. The van der Waals surface area contributed by atoms with E-state index in [0.717, 1.165) is 14.7 Å². The van der Waals surface area contributed by atoms with E-state index >= 15 is 0 Å². The van der Waals surface area contributed by atoms with Crippen molar-refractivity contribution in [3.8, 4) is 0 Å². The van der Waals surface area contributed by atoms with E-state index in [1.54, 1.807) is 24.3 Å². The van der Waals surface area contributed by atoms with Gasteiger partial charge in [0.1, 0.15) is 6.61 Å². The molecule has 0 unspecified atom stereocenters. The fourth-order valence-corrected chi connectivity index (χ4v) is 2.85. The second kappa shape index (κ2) is 6.98. The Bertz CT molecular complexity index is 1030. The highest BCUT2D eigenvalue weighted by Crippen LogP contribution is 2.12. The number of halogens is 1. The number of H-pyrrole nitrogens is 1. The van der Waals surface area contributed by atoms with E-state index in [0.29, 0.717) is 10.9 Å². The van der Waals surface area contributed by atoms with Crippen LogP contribution in [-0.4, -0.2) is 15.8 Å². The van der Waals surface area contributed by atoms with Crippen LogP contribution in [0.25, 0.3) is 10.9 Å². The number of ether oxygens (including phenoxy) is 1.